The van der Waals surface area contributed by atoms with E-state index in [1.54, 1.807) is 0 Å². The highest BCUT2D eigenvalue weighted by Gasteiger charge is 2.15. The lowest BCUT2D eigenvalue weighted by Gasteiger charge is -2.24. The average Bonchev–Trinajstić information content (AvgIpc) is 2.04. The molecule has 5 nitrogen and oxygen atoms in total. The predicted molar refractivity (Wildman–Crippen MR) is 46.0 cm³/mol. The fraction of sp³-hybridized carbons (Fsp3) is 0.750. The highest BCUT2D eigenvalue weighted by Crippen LogP contribution is 2.07. The number of nitrogens with zero attached hydrogens (tertiary/aromatic N) is 1. The van der Waals surface area contributed by atoms with Gasteiger partial charge in [0.05, 0.1) is 6.54 Å². The molecule has 0 spiro atoms. The topological polar surface area (TPSA) is 72.6 Å². The summed E-state index contributed by atoms with van der Waals surface area (Å²) in [5, 5.41) is 0. The highest BCUT2D eigenvalue weighted by molar-refractivity contribution is 5.84. The van der Waals surface area contributed by atoms with Gasteiger partial charge in [-0.05, 0) is 25.9 Å². The maximum atomic E-state index is 11.0. The van der Waals surface area contributed by atoms with Crippen LogP contribution in [0.25, 0.3) is 0 Å². The molecule has 0 aromatic heterocycles. The Hall–Kier alpha value is -1.10. The molecule has 1 amide bonds. The lowest BCUT2D eigenvalue weighted by molar-refractivity contribution is -0.138. The first-order valence-corrected chi connectivity index (χ1v) is 4.41. The molecule has 0 radical (unpaired) electrons. The number of carbonyl (C=O) groups excluding carboxylic acids is 2. The minimum atomic E-state index is -1.03. The molecule has 0 bridgehead atoms. The first kappa shape index (κ1) is 9.98. The van der Waals surface area contributed by atoms with Crippen molar-refractivity contribution in [2.75, 3.05) is 19.6 Å². The van der Waals surface area contributed by atoms with Crippen LogP contribution in [0.3, 0.4) is 0 Å². The minimum Gasteiger partial charge on any atom is -0.375 e. The third kappa shape index (κ3) is 3.89. The molecular formula is C8H14N2O3. The number of rotatable bonds is 2. The highest BCUT2D eigenvalue weighted by atomic mass is 16.6. The zero-order valence-electron chi connectivity index (χ0n) is 7.49. The first-order valence-electron chi connectivity index (χ1n) is 4.41. The van der Waals surface area contributed by atoms with Gasteiger partial charge in [-0.2, -0.15) is 0 Å². The Balaban J connectivity index is 2.22. The molecule has 0 saturated carbocycles. The van der Waals surface area contributed by atoms with Crippen LogP contribution in [0.5, 0.6) is 0 Å². The van der Waals surface area contributed by atoms with Crippen molar-refractivity contribution >= 4 is 12.1 Å². The number of ether oxygens (including phenoxy) is 1. The standard InChI is InChI=1S/C8H14N2O3/c9-8(12)13-7(11)6-10-4-2-1-3-5-10/h1-6H2,(H2,9,12). The number of esters is 1. The van der Waals surface area contributed by atoms with Gasteiger partial charge in [0.15, 0.2) is 0 Å². The Kier molecular flexibility index (Phi) is 3.70. The summed E-state index contributed by atoms with van der Waals surface area (Å²) in [5.74, 6) is -0.561. The third-order valence-electron chi connectivity index (χ3n) is 2.02. The zero-order chi connectivity index (χ0) is 9.68. The van der Waals surface area contributed by atoms with Gasteiger partial charge in [-0.1, -0.05) is 6.42 Å². The molecule has 0 atom stereocenters. The van der Waals surface area contributed by atoms with Gasteiger partial charge in [-0.25, -0.2) is 4.79 Å². The van der Waals surface area contributed by atoms with Crippen molar-refractivity contribution in [1.29, 1.82) is 0 Å². The smallest absolute Gasteiger partial charge is 0.375 e. The van der Waals surface area contributed by atoms with Crippen LogP contribution in [0.15, 0.2) is 0 Å². The summed E-state index contributed by atoms with van der Waals surface area (Å²) in [6.07, 6.45) is 2.39. The molecule has 0 aliphatic carbocycles. The van der Waals surface area contributed by atoms with Gasteiger partial charge in [-0.15, -0.1) is 0 Å². The monoisotopic (exact) mass is 186 g/mol. The van der Waals surface area contributed by atoms with Gasteiger partial charge < -0.3 is 10.5 Å². The van der Waals surface area contributed by atoms with E-state index >= 15 is 0 Å². The number of hydrogen-bond donors (Lipinski definition) is 1. The number of piperidine rings is 1. The zero-order valence-corrected chi connectivity index (χ0v) is 7.49. The molecule has 0 unspecified atom stereocenters. The van der Waals surface area contributed by atoms with Crippen molar-refractivity contribution in [2.24, 2.45) is 5.73 Å². The number of primary amides is 1. The van der Waals surface area contributed by atoms with E-state index in [2.05, 4.69) is 4.74 Å². The Morgan fingerprint density at radius 1 is 1.23 bits per heavy atom. The van der Waals surface area contributed by atoms with Crippen molar-refractivity contribution in [1.82, 2.24) is 4.90 Å². The summed E-state index contributed by atoms with van der Waals surface area (Å²) in [6, 6.07) is 0. The summed E-state index contributed by atoms with van der Waals surface area (Å²) in [6.45, 7) is 1.96. The van der Waals surface area contributed by atoms with Crippen molar-refractivity contribution in [3.05, 3.63) is 0 Å². The van der Waals surface area contributed by atoms with Crippen molar-refractivity contribution in [3.8, 4) is 0 Å². The van der Waals surface area contributed by atoms with E-state index in [9.17, 15) is 9.59 Å². The molecule has 13 heavy (non-hydrogen) atoms. The van der Waals surface area contributed by atoms with Gasteiger partial charge in [-0.3, -0.25) is 9.69 Å². The number of nitrogens with two attached hydrogens (primary N) is 1. The molecule has 1 aliphatic heterocycles. The fourth-order valence-corrected chi connectivity index (χ4v) is 1.44. The molecule has 1 heterocycles. The van der Waals surface area contributed by atoms with Crippen LogP contribution in [-0.2, 0) is 9.53 Å². The second kappa shape index (κ2) is 4.81. The summed E-state index contributed by atoms with van der Waals surface area (Å²) < 4.78 is 4.21. The molecule has 0 aromatic carbocycles. The van der Waals surface area contributed by atoms with Gasteiger partial charge in [0.1, 0.15) is 0 Å². The van der Waals surface area contributed by atoms with Crippen LogP contribution in [0.1, 0.15) is 19.3 Å². The van der Waals surface area contributed by atoms with E-state index in [0.29, 0.717) is 0 Å². The van der Waals surface area contributed by atoms with Crippen LogP contribution in [0.2, 0.25) is 0 Å². The number of amides is 1. The Morgan fingerprint density at radius 2 is 1.85 bits per heavy atom. The second-order valence-electron chi connectivity index (χ2n) is 3.13. The second-order valence-corrected chi connectivity index (χ2v) is 3.13. The van der Waals surface area contributed by atoms with Crippen molar-refractivity contribution in [3.63, 3.8) is 0 Å². The molecule has 1 saturated heterocycles. The lowest BCUT2D eigenvalue weighted by Crippen LogP contribution is -2.36. The first-order chi connectivity index (χ1) is 6.18. The minimum absolute atomic E-state index is 0.170. The predicted octanol–water partition coefficient (Wildman–Crippen LogP) is 0.0942. The molecule has 2 N–H and O–H groups in total. The van der Waals surface area contributed by atoms with Crippen molar-refractivity contribution in [2.45, 2.75) is 19.3 Å². The SMILES string of the molecule is NC(=O)OC(=O)CN1CCCCC1. The van der Waals surface area contributed by atoms with E-state index in [4.69, 9.17) is 5.73 Å². The average molecular weight is 186 g/mol. The molecule has 1 rings (SSSR count). The van der Waals surface area contributed by atoms with Crippen LogP contribution in [0, 0.1) is 0 Å². The van der Waals surface area contributed by atoms with E-state index < -0.39 is 12.1 Å². The summed E-state index contributed by atoms with van der Waals surface area (Å²) in [7, 11) is 0. The Labute approximate surface area is 76.8 Å². The maximum Gasteiger partial charge on any atom is 0.412 e. The fourth-order valence-electron chi connectivity index (χ4n) is 1.44. The molecular weight excluding hydrogens is 172 g/mol. The van der Waals surface area contributed by atoms with Gasteiger partial charge in [0.25, 0.3) is 0 Å². The van der Waals surface area contributed by atoms with Crippen LogP contribution in [0.4, 0.5) is 4.79 Å². The number of hydrogen-bond acceptors (Lipinski definition) is 4. The Bertz CT molecular complexity index is 200. The Morgan fingerprint density at radius 3 is 2.38 bits per heavy atom. The lowest BCUT2D eigenvalue weighted by atomic mass is 10.1. The van der Waals surface area contributed by atoms with Crippen LogP contribution >= 0.6 is 0 Å². The normalized spacial score (nSPS) is 18.2. The molecule has 1 aliphatic rings. The third-order valence-corrected chi connectivity index (χ3v) is 2.02. The molecule has 1 fully saturated rings. The van der Waals surface area contributed by atoms with Crippen LogP contribution < -0.4 is 5.73 Å². The summed E-state index contributed by atoms with van der Waals surface area (Å²) in [4.78, 5) is 23.1. The van der Waals surface area contributed by atoms with E-state index in [1.165, 1.54) is 6.42 Å². The van der Waals surface area contributed by atoms with E-state index in [-0.39, 0.29) is 6.54 Å². The quantitative estimate of drug-likeness (QED) is 0.490. The summed E-state index contributed by atoms with van der Waals surface area (Å²) in [5.41, 5.74) is 4.70. The largest absolute Gasteiger partial charge is 0.412 e. The molecule has 5 heteroatoms. The van der Waals surface area contributed by atoms with Gasteiger partial charge in [0, 0.05) is 0 Å². The van der Waals surface area contributed by atoms with Gasteiger partial charge >= 0.3 is 12.1 Å². The van der Waals surface area contributed by atoms with Crippen molar-refractivity contribution < 1.29 is 14.3 Å². The van der Waals surface area contributed by atoms with Gasteiger partial charge in [0.2, 0.25) is 0 Å². The van der Waals surface area contributed by atoms with E-state index in [0.717, 1.165) is 25.9 Å². The molecule has 0 aromatic rings. The number of carbonyl (C=O) groups is 2. The molecule has 74 valence electrons. The van der Waals surface area contributed by atoms with Crippen LogP contribution in [-0.4, -0.2) is 36.6 Å². The number of likely N-dealkylation sites (tertiary alicyclic amines) is 1. The maximum absolute atomic E-state index is 11.0. The van der Waals surface area contributed by atoms with E-state index in [1.807, 2.05) is 4.90 Å². The summed E-state index contributed by atoms with van der Waals surface area (Å²) >= 11 is 0.